The lowest BCUT2D eigenvalue weighted by atomic mass is 9.94. The lowest BCUT2D eigenvalue weighted by molar-refractivity contribution is 0.0798. The Morgan fingerprint density at radius 1 is 1.24 bits per heavy atom. The molecule has 3 nitrogen and oxygen atoms in total. The zero-order valence-electron chi connectivity index (χ0n) is 13.5. The highest BCUT2D eigenvalue weighted by Crippen LogP contribution is 2.22. The molecular weight excluding hydrogens is 262 g/mol. The Hall–Kier alpha value is -1.19. The van der Waals surface area contributed by atoms with Crippen molar-refractivity contribution >= 4 is 5.78 Å². The molecule has 0 aromatic heterocycles. The molecule has 0 spiro atoms. The number of aryl methyl sites for hydroxylation is 3. The van der Waals surface area contributed by atoms with E-state index in [1.54, 1.807) is 0 Å². The number of piperidine rings is 1. The van der Waals surface area contributed by atoms with Gasteiger partial charge in [-0.3, -0.25) is 9.69 Å². The molecule has 116 valence electrons. The lowest BCUT2D eigenvalue weighted by Crippen LogP contribution is -2.43. The summed E-state index contributed by atoms with van der Waals surface area (Å²) in [6.45, 7) is 7.77. The Bertz CT molecular complexity index is 485. The number of aliphatic hydroxyl groups is 1. The minimum Gasteiger partial charge on any atom is -0.396 e. The van der Waals surface area contributed by atoms with Crippen LogP contribution in [-0.4, -0.2) is 41.5 Å². The van der Waals surface area contributed by atoms with E-state index in [0.717, 1.165) is 42.5 Å². The van der Waals surface area contributed by atoms with Crippen molar-refractivity contribution in [1.29, 1.82) is 0 Å². The number of hydrogen-bond donors (Lipinski definition) is 1. The number of aliphatic hydroxyl groups excluding tert-OH is 1. The Labute approximate surface area is 128 Å². The average molecular weight is 289 g/mol. The highest BCUT2D eigenvalue weighted by molar-refractivity contribution is 6.00. The molecule has 1 aliphatic rings. The third-order valence-electron chi connectivity index (χ3n) is 4.51. The molecule has 1 N–H and O–H groups in total. The van der Waals surface area contributed by atoms with Crippen molar-refractivity contribution in [3.8, 4) is 0 Å². The van der Waals surface area contributed by atoms with E-state index in [1.165, 1.54) is 12.0 Å². The number of nitrogens with zero attached hydrogens (tertiary/aromatic N) is 1. The summed E-state index contributed by atoms with van der Waals surface area (Å²) >= 11 is 0. The summed E-state index contributed by atoms with van der Waals surface area (Å²) in [5, 5.41) is 9.19. The third-order valence-corrected chi connectivity index (χ3v) is 4.51. The maximum Gasteiger partial charge on any atom is 0.177 e. The van der Waals surface area contributed by atoms with Crippen molar-refractivity contribution in [2.24, 2.45) is 0 Å². The quantitative estimate of drug-likeness (QED) is 0.847. The molecule has 1 saturated heterocycles. The van der Waals surface area contributed by atoms with Crippen molar-refractivity contribution in [2.75, 3.05) is 19.7 Å². The smallest absolute Gasteiger partial charge is 0.177 e. The van der Waals surface area contributed by atoms with E-state index in [-0.39, 0.29) is 12.4 Å². The number of ketones is 1. The molecular formula is C18H27NO2. The van der Waals surface area contributed by atoms with Gasteiger partial charge in [0.1, 0.15) is 0 Å². The van der Waals surface area contributed by atoms with Gasteiger partial charge in [-0.25, -0.2) is 0 Å². The highest BCUT2D eigenvalue weighted by Gasteiger charge is 2.25. The average Bonchev–Trinajstić information content (AvgIpc) is 2.40. The Kier molecular flexibility index (Phi) is 5.54. The van der Waals surface area contributed by atoms with Crippen molar-refractivity contribution < 1.29 is 9.90 Å². The summed E-state index contributed by atoms with van der Waals surface area (Å²) in [4.78, 5) is 15.0. The fourth-order valence-corrected chi connectivity index (χ4v) is 3.63. The van der Waals surface area contributed by atoms with Crippen LogP contribution in [0, 0.1) is 20.8 Å². The summed E-state index contributed by atoms with van der Waals surface area (Å²) in [5.41, 5.74) is 4.24. The normalized spacial score (nSPS) is 19.7. The van der Waals surface area contributed by atoms with Gasteiger partial charge in [0.05, 0.1) is 6.54 Å². The molecule has 0 bridgehead atoms. The van der Waals surface area contributed by atoms with Crippen LogP contribution in [0.4, 0.5) is 0 Å². The number of rotatable bonds is 5. The number of likely N-dealkylation sites (tertiary alicyclic amines) is 1. The van der Waals surface area contributed by atoms with Crippen molar-refractivity contribution in [1.82, 2.24) is 4.90 Å². The zero-order valence-corrected chi connectivity index (χ0v) is 13.5. The van der Waals surface area contributed by atoms with E-state index in [2.05, 4.69) is 24.0 Å². The Morgan fingerprint density at radius 3 is 2.52 bits per heavy atom. The van der Waals surface area contributed by atoms with Crippen LogP contribution in [-0.2, 0) is 0 Å². The second kappa shape index (κ2) is 7.19. The van der Waals surface area contributed by atoms with E-state index in [4.69, 9.17) is 0 Å². The molecule has 1 unspecified atom stereocenters. The fraction of sp³-hybridized carbons (Fsp3) is 0.611. The Morgan fingerprint density at radius 2 is 1.90 bits per heavy atom. The van der Waals surface area contributed by atoms with E-state index >= 15 is 0 Å². The predicted molar refractivity (Wildman–Crippen MR) is 85.9 cm³/mol. The van der Waals surface area contributed by atoms with Gasteiger partial charge in [0.15, 0.2) is 5.78 Å². The Balaban J connectivity index is 2.13. The number of Topliss-reactive ketones (excluding diaryl/α,β-unsaturated/α-hetero) is 1. The van der Waals surface area contributed by atoms with Crippen LogP contribution in [0.1, 0.15) is 52.7 Å². The number of carbonyl (C=O) groups excluding carboxylic acids is 1. The van der Waals surface area contributed by atoms with Crippen molar-refractivity contribution in [2.45, 2.75) is 52.5 Å². The minimum atomic E-state index is 0.206. The van der Waals surface area contributed by atoms with Gasteiger partial charge in [0.2, 0.25) is 0 Å². The summed E-state index contributed by atoms with van der Waals surface area (Å²) < 4.78 is 0. The molecule has 3 heteroatoms. The van der Waals surface area contributed by atoms with Crippen LogP contribution in [0.2, 0.25) is 0 Å². The number of benzene rings is 1. The molecule has 0 radical (unpaired) electrons. The van der Waals surface area contributed by atoms with Gasteiger partial charge in [-0.15, -0.1) is 0 Å². The summed E-state index contributed by atoms with van der Waals surface area (Å²) in [6.07, 6.45) is 4.23. The van der Waals surface area contributed by atoms with Gasteiger partial charge in [0, 0.05) is 18.2 Å². The standard InChI is InChI=1S/C18H27NO2/c1-13-10-14(2)18(15(3)11-13)17(21)12-19-8-5-4-6-16(19)7-9-20/h10-11,16,20H,4-9,12H2,1-3H3. The van der Waals surface area contributed by atoms with E-state index in [0.29, 0.717) is 12.6 Å². The second-order valence-electron chi connectivity index (χ2n) is 6.33. The van der Waals surface area contributed by atoms with Crippen LogP contribution in [0.15, 0.2) is 12.1 Å². The van der Waals surface area contributed by atoms with Gasteiger partial charge >= 0.3 is 0 Å². The molecule has 0 aliphatic carbocycles. The predicted octanol–water partition coefficient (Wildman–Crippen LogP) is 3.03. The fourth-order valence-electron chi connectivity index (χ4n) is 3.63. The van der Waals surface area contributed by atoms with Crippen molar-refractivity contribution in [3.05, 3.63) is 34.4 Å². The van der Waals surface area contributed by atoms with Crippen LogP contribution in [0.5, 0.6) is 0 Å². The maximum absolute atomic E-state index is 12.7. The zero-order chi connectivity index (χ0) is 15.4. The van der Waals surface area contributed by atoms with Crippen LogP contribution < -0.4 is 0 Å². The first kappa shape index (κ1) is 16.2. The third kappa shape index (κ3) is 3.92. The molecule has 21 heavy (non-hydrogen) atoms. The van der Waals surface area contributed by atoms with E-state index in [9.17, 15) is 9.90 Å². The highest BCUT2D eigenvalue weighted by atomic mass is 16.3. The van der Waals surface area contributed by atoms with Gasteiger partial charge in [-0.2, -0.15) is 0 Å². The second-order valence-corrected chi connectivity index (χ2v) is 6.33. The first-order valence-corrected chi connectivity index (χ1v) is 7.99. The van der Waals surface area contributed by atoms with Crippen LogP contribution in [0.25, 0.3) is 0 Å². The minimum absolute atomic E-state index is 0.206. The molecule has 1 aromatic carbocycles. The van der Waals surface area contributed by atoms with Gasteiger partial charge < -0.3 is 5.11 Å². The molecule has 1 aliphatic heterocycles. The first-order valence-electron chi connectivity index (χ1n) is 7.99. The largest absolute Gasteiger partial charge is 0.396 e. The van der Waals surface area contributed by atoms with E-state index in [1.807, 2.05) is 13.8 Å². The summed E-state index contributed by atoms with van der Waals surface area (Å²) in [7, 11) is 0. The van der Waals surface area contributed by atoms with Crippen LogP contribution in [0.3, 0.4) is 0 Å². The lowest BCUT2D eigenvalue weighted by Gasteiger charge is -2.35. The van der Waals surface area contributed by atoms with Gasteiger partial charge in [-0.05, 0) is 57.7 Å². The summed E-state index contributed by atoms with van der Waals surface area (Å²) in [6, 6.07) is 4.53. The first-order chi connectivity index (χ1) is 10.0. The molecule has 0 amide bonds. The monoisotopic (exact) mass is 289 g/mol. The molecule has 1 atom stereocenters. The topological polar surface area (TPSA) is 40.5 Å². The van der Waals surface area contributed by atoms with Crippen molar-refractivity contribution in [3.63, 3.8) is 0 Å². The van der Waals surface area contributed by atoms with E-state index < -0.39 is 0 Å². The SMILES string of the molecule is Cc1cc(C)c(C(=O)CN2CCCCC2CCO)c(C)c1. The molecule has 1 heterocycles. The summed E-state index contributed by atoms with van der Waals surface area (Å²) in [5.74, 6) is 0.217. The number of carbonyl (C=O) groups is 1. The molecule has 1 fully saturated rings. The van der Waals surface area contributed by atoms with Gasteiger partial charge in [-0.1, -0.05) is 24.1 Å². The molecule has 0 saturated carbocycles. The molecule has 2 rings (SSSR count). The van der Waals surface area contributed by atoms with Gasteiger partial charge in [0.25, 0.3) is 0 Å². The molecule has 1 aromatic rings. The maximum atomic E-state index is 12.7. The van der Waals surface area contributed by atoms with Crippen LogP contribution >= 0.6 is 0 Å². The number of hydrogen-bond acceptors (Lipinski definition) is 3.